The number of benzene rings is 3. The summed E-state index contributed by atoms with van der Waals surface area (Å²) in [6.45, 7) is 1.84. The van der Waals surface area contributed by atoms with Crippen LogP contribution in [0.3, 0.4) is 0 Å². The van der Waals surface area contributed by atoms with Crippen LogP contribution < -0.4 is 10.2 Å². The van der Waals surface area contributed by atoms with Gasteiger partial charge >= 0.3 is 0 Å². The highest BCUT2D eigenvalue weighted by atomic mass is 79.9. The maximum Gasteiger partial charge on any atom is 0.281 e. The van der Waals surface area contributed by atoms with Crippen molar-refractivity contribution in [2.24, 2.45) is 5.10 Å². The monoisotopic (exact) mass is 442 g/mol. The lowest BCUT2D eigenvalue weighted by Gasteiger charge is -2.17. The molecule has 0 radical (unpaired) electrons. The number of amides is 1. The summed E-state index contributed by atoms with van der Waals surface area (Å²) in [4.78, 5) is 12.4. The molecule has 0 fully saturated rings. The molecule has 0 unspecified atom stereocenters. The third kappa shape index (κ3) is 4.43. The average molecular weight is 443 g/mol. The summed E-state index contributed by atoms with van der Waals surface area (Å²) in [5.74, 6) is -0.0292. The van der Waals surface area contributed by atoms with E-state index in [-0.39, 0.29) is 11.5 Å². The van der Waals surface area contributed by atoms with Gasteiger partial charge in [0.2, 0.25) is 0 Å². The minimum Gasteiger partial charge on any atom is -0.508 e. The van der Waals surface area contributed by atoms with Gasteiger partial charge in [0, 0.05) is 11.6 Å². The molecule has 0 aliphatic heterocycles. The summed E-state index contributed by atoms with van der Waals surface area (Å²) in [5.41, 5.74) is 2.78. The Morgan fingerprint density at radius 1 is 1.21 bits per heavy atom. The lowest BCUT2D eigenvalue weighted by molar-refractivity contribution is -0.128. The molecule has 0 saturated heterocycles. The first-order valence-electron chi connectivity index (χ1n) is 8.68. The Morgan fingerprint density at radius 3 is 2.75 bits per heavy atom. The topological polar surface area (TPSA) is 91.2 Å². The molecular weight excluding hydrogens is 424 g/mol. The van der Waals surface area contributed by atoms with Crippen molar-refractivity contribution in [3.8, 4) is 17.2 Å². The Morgan fingerprint density at radius 2 is 2.00 bits per heavy atom. The smallest absolute Gasteiger partial charge is 0.281 e. The van der Waals surface area contributed by atoms with Gasteiger partial charge in [-0.1, -0.05) is 37.3 Å². The van der Waals surface area contributed by atoms with E-state index in [2.05, 4.69) is 26.5 Å². The molecule has 0 bridgehead atoms. The Labute approximate surface area is 170 Å². The molecule has 1 amide bonds. The van der Waals surface area contributed by atoms with E-state index in [1.165, 1.54) is 24.4 Å². The van der Waals surface area contributed by atoms with Gasteiger partial charge in [-0.2, -0.15) is 5.10 Å². The number of halogens is 1. The number of hydrazone groups is 1. The Balaban J connectivity index is 1.70. The van der Waals surface area contributed by atoms with Crippen LogP contribution in [0, 0.1) is 0 Å². The van der Waals surface area contributed by atoms with Crippen LogP contribution in [-0.4, -0.2) is 28.4 Å². The second-order valence-electron chi connectivity index (χ2n) is 6.09. The highest BCUT2D eigenvalue weighted by Gasteiger charge is 2.19. The molecule has 3 aromatic rings. The normalized spacial score (nSPS) is 12.2. The van der Waals surface area contributed by atoms with Gasteiger partial charge in [-0.15, -0.1) is 0 Å². The summed E-state index contributed by atoms with van der Waals surface area (Å²) in [6.07, 6.45) is 1.01. The largest absolute Gasteiger partial charge is 0.508 e. The zero-order valence-electron chi connectivity index (χ0n) is 15.1. The first-order valence-corrected chi connectivity index (χ1v) is 9.47. The fourth-order valence-corrected chi connectivity index (χ4v) is 3.25. The van der Waals surface area contributed by atoms with E-state index in [1.807, 2.05) is 43.3 Å². The molecule has 144 valence electrons. The van der Waals surface area contributed by atoms with Crippen molar-refractivity contribution >= 4 is 38.8 Å². The zero-order valence-corrected chi connectivity index (χ0v) is 16.7. The molecule has 0 aromatic heterocycles. The number of hydrogen-bond donors (Lipinski definition) is 3. The summed E-state index contributed by atoms with van der Waals surface area (Å²) in [7, 11) is 0. The van der Waals surface area contributed by atoms with Crippen molar-refractivity contribution in [1.29, 1.82) is 0 Å². The fraction of sp³-hybridized carbons (Fsp3) is 0.143. The van der Waals surface area contributed by atoms with E-state index in [1.54, 1.807) is 0 Å². The van der Waals surface area contributed by atoms with Crippen molar-refractivity contribution in [2.45, 2.75) is 19.4 Å². The van der Waals surface area contributed by atoms with Crippen LogP contribution in [0.1, 0.15) is 18.9 Å². The van der Waals surface area contributed by atoms with Crippen molar-refractivity contribution in [3.05, 3.63) is 64.6 Å². The molecule has 28 heavy (non-hydrogen) atoms. The van der Waals surface area contributed by atoms with Crippen LogP contribution in [0.4, 0.5) is 0 Å². The van der Waals surface area contributed by atoms with Gasteiger partial charge in [0.05, 0.1) is 10.7 Å². The van der Waals surface area contributed by atoms with Crippen LogP contribution in [0.5, 0.6) is 17.2 Å². The number of fused-ring (bicyclic) bond motifs is 1. The molecular formula is C21H19BrN2O4. The number of rotatable bonds is 6. The number of hydrogen-bond acceptors (Lipinski definition) is 5. The maximum absolute atomic E-state index is 12.4. The Hall–Kier alpha value is -3.06. The third-order valence-corrected chi connectivity index (χ3v) is 4.97. The number of phenolic OH excluding ortho intramolecular Hbond substituents is 2. The second-order valence-corrected chi connectivity index (χ2v) is 6.88. The van der Waals surface area contributed by atoms with Crippen molar-refractivity contribution in [3.63, 3.8) is 0 Å². The quantitative estimate of drug-likeness (QED) is 0.391. The standard InChI is InChI=1S/C21H19BrN2O4/c1-2-18(21(27)24-23-12-14-7-9-15(25)11-17(14)26)28-19-10-8-13-5-3-4-6-16(13)20(19)22/h3-12,18,25-26H,2H2,1H3,(H,24,27)/b23-12-/t18-/m1/s1. The number of ether oxygens (including phenoxy) is 1. The van der Waals surface area contributed by atoms with E-state index in [4.69, 9.17) is 4.74 Å². The lowest BCUT2D eigenvalue weighted by atomic mass is 10.1. The first-order chi connectivity index (χ1) is 13.5. The van der Waals surface area contributed by atoms with Crippen LogP contribution in [0.25, 0.3) is 10.8 Å². The summed E-state index contributed by atoms with van der Waals surface area (Å²) >= 11 is 3.55. The van der Waals surface area contributed by atoms with Crippen LogP contribution in [0.2, 0.25) is 0 Å². The molecule has 0 aliphatic rings. The average Bonchev–Trinajstić information content (AvgIpc) is 2.69. The molecule has 3 rings (SSSR count). The van der Waals surface area contributed by atoms with Gasteiger partial charge in [-0.05, 0) is 51.3 Å². The summed E-state index contributed by atoms with van der Waals surface area (Å²) < 4.78 is 6.68. The highest BCUT2D eigenvalue weighted by Crippen LogP contribution is 2.33. The van der Waals surface area contributed by atoms with E-state index in [0.29, 0.717) is 17.7 Å². The molecule has 1 atom stereocenters. The van der Waals surface area contributed by atoms with E-state index >= 15 is 0 Å². The molecule has 6 nitrogen and oxygen atoms in total. The Kier molecular flexibility index (Phi) is 6.16. The predicted octanol–water partition coefficient (Wildman–Crippen LogP) is 4.32. The van der Waals surface area contributed by atoms with E-state index in [0.717, 1.165) is 15.2 Å². The molecule has 7 heteroatoms. The van der Waals surface area contributed by atoms with Crippen LogP contribution >= 0.6 is 15.9 Å². The van der Waals surface area contributed by atoms with Gasteiger partial charge in [0.1, 0.15) is 17.2 Å². The number of nitrogens with zero attached hydrogens (tertiary/aromatic N) is 1. The molecule has 0 heterocycles. The zero-order chi connectivity index (χ0) is 20.1. The molecule has 3 aromatic carbocycles. The Bertz CT molecular complexity index is 1040. The second kappa shape index (κ2) is 8.75. The van der Waals surface area contributed by atoms with Gasteiger partial charge in [-0.25, -0.2) is 5.43 Å². The van der Waals surface area contributed by atoms with Crippen LogP contribution in [-0.2, 0) is 4.79 Å². The number of carbonyl (C=O) groups is 1. The fourth-order valence-electron chi connectivity index (χ4n) is 2.66. The molecule has 0 spiro atoms. The number of carbonyl (C=O) groups excluding carboxylic acids is 1. The summed E-state index contributed by atoms with van der Waals surface area (Å²) in [6, 6.07) is 15.7. The van der Waals surface area contributed by atoms with Gasteiger partial charge in [0.15, 0.2) is 6.10 Å². The maximum atomic E-state index is 12.4. The van der Waals surface area contributed by atoms with Crippen molar-refractivity contribution in [1.82, 2.24) is 5.43 Å². The van der Waals surface area contributed by atoms with Gasteiger partial charge in [0.25, 0.3) is 5.91 Å². The first kappa shape index (κ1) is 19.7. The van der Waals surface area contributed by atoms with Crippen molar-refractivity contribution < 1.29 is 19.7 Å². The molecule has 3 N–H and O–H groups in total. The van der Waals surface area contributed by atoms with Crippen LogP contribution in [0.15, 0.2) is 64.2 Å². The van der Waals surface area contributed by atoms with E-state index in [9.17, 15) is 15.0 Å². The predicted molar refractivity (Wildman–Crippen MR) is 112 cm³/mol. The molecule has 0 saturated carbocycles. The lowest BCUT2D eigenvalue weighted by Crippen LogP contribution is -2.35. The van der Waals surface area contributed by atoms with Gasteiger partial charge in [-0.3, -0.25) is 4.79 Å². The number of aromatic hydroxyl groups is 2. The number of nitrogens with one attached hydrogen (secondary N) is 1. The third-order valence-electron chi connectivity index (χ3n) is 4.15. The minimum absolute atomic E-state index is 0.0564. The minimum atomic E-state index is -0.733. The summed E-state index contributed by atoms with van der Waals surface area (Å²) in [5, 5.41) is 24.9. The number of phenols is 2. The van der Waals surface area contributed by atoms with Crippen molar-refractivity contribution in [2.75, 3.05) is 0 Å². The SMILES string of the molecule is CC[C@@H](Oc1ccc2ccccc2c1Br)C(=O)N/N=C\c1ccc(O)cc1O. The highest BCUT2D eigenvalue weighted by molar-refractivity contribution is 9.10. The van der Waals surface area contributed by atoms with E-state index < -0.39 is 12.0 Å². The molecule has 0 aliphatic carbocycles. The van der Waals surface area contributed by atoms with Gasteiger partial charge < -0.3 is 14.9 Å².